The average Bonchev–Trinajstić information content (AvgIpc) is 3.00. The number of carbonyl (C=O) groups excluding carboxylic acids is 1. The number of halogens is 1. The van der Waals surface area contributed by atoms with Gasteiger partial charge >= 0.3 is 0 Å². The quantitative estimate of drug-likeness (QED) is 0.892. The Hall–Kier alpha value is -0.650. The Kier molecular flexibility index (Phi) is 6.05. The molecule has 102 valence electrons. The molecule has 1 aromatic rings. The molecule has 0 aliphatic carbocycles. The van der Waals surface area contributed by atoms with E-state index >= 15 is 0 Å². The van der Waals surface area contributed by atoms with Crippen molar-refractivity contribution in [3.05, 3.63) is 16.1 Å². The monoisotopic (exact) mass is 289 g/mol. The van der Waals surface area contributed by atoms with Crippen LogP contribution < -0.4 is 10.6 Å². The van der Waals surface area contributed by atoms with Crippen LogP contribution in [0.4, 0.5) is 0 Å². The molecule has 2 unspecified atom stereocenters. The lowest BCUT2D eigenvalue weighted by Gasteiger charge is -2.15. The predicted molar refractivity (Wildman–Crippen MR) is 76.3 cm³/mol. The molecule has 2 rings (SSSR count). The van der Waals surface area contributed by atoms with Crippen molar-refractivity contribution in [1.29, 1.82) is 0 Å². The molecule has 18 heavy (non-hydrogen) atoms. The van der Waals surface area contributed by atoms with Gasteiger partial charge in [0.2, 0.25) is 5.91 Å². The molecule has 0 radical (unpaired) electrons. The van der Waals surface area contributed by atoms with Crippen LogP contribution in [0.3, 0.4) is 0 Å². The molecule has 1 fully saturated rings. The summed E-state index contributed by atoms with van der Waals surface area (Å²) in [5, 5.41) is 9.38. The van der Waals surface area contributed by atoms with Gasteiger partial charge in [-0.15, -0.1) is 23.7 Å². The van der Waals surface area contributed by atoms with Crippen LogP contribution in [0.25, 0.3) is 0 Å². The number of amides is 1. The first-order valence-corrected chi connectivity index (χ1v) is 7.06. The topological polar surface area (TPSA) is 54.0 Å². The fraction of sp³-hybridized carbons (Fsp3) is 0.667. The van der Waals surface area contributed by atoms with E-state index in [4.69, 9.17) is 0 Å². The highest BCUT2D eigenvalue weighted by molar-refractivity contribution is 7.09. The zero-order valence-corrected chi connectivity index (χ0v) is 12.4. The molecule has 2 N–H and O–H groups in total. The van der Waals surface area contributed by atoms with Crippen LogP contribution in [0.1, 0.15) is 43.4 Å². The molecule has 1 saturated heterocycles. The second kappa shape index (κ2) is 7.07. The number of hydrogen-bond donors (Lipinski definition) is 2. The van der Waals surface area contributed by atoms with Gasteiger partial charge in [0.15, 0.2) is 0 Å². The molecule has 1 aromatic heterocycles. The third-order valence-corrected chi connectivity index (χ3v) is 4.06. The zero-order valence-electron chi connectivity index (χ0n) is 10.7. The van der Waals surface area contributed by atoms with Crippen molar-refractivity contribution in [1.82, 2.24) is 15.6 Å². The van der Waals surface area contributed by atoms with Crippen molar-refractivity contribution in [2.45, 2.75) is 45.2 Å². The lowest BCUT2D eigenvalue weighted by molar-refractivity contribution is -0.123. The molecular formula is C12H20ClN3OS. The van der Waals surface area contributed by atoms with Gasteiger partial charge in [-0.1, -0.05) is 6.92 Å². The molecule has 0 saturated carbocycles. The Morgan fingerprint density at radius 1 is 1.72 bits per heavy atom. The van der Waals surface area contributed by atoms with E-state index in [-0.39, 0.29) is 30.4 Å². The maximum atomic E-state index is 11.9. The summed E-state index contributed by atoms with van der Waals surface area (Å²) in [7, 11) is 0. The third kappa shape index (κ3) is 3.67. The number of nitrogens with zero attached hydrogens (tertiary/aromatic N) is 1. The van der Waals surface area contributed by atoms with Crippen molar-refractivity contribution >= 4 is 29.7 Å². The van der Waals surface area contributed by atoms with E-state index in [0.717, 1.165) is 36.5 Å². The van der Waals surface area contributed by atoms with Gasteiger partial charge in [-0.25, -0.2) is 4.98 Å². The Morgan fingerprint density at radius 3 is 3.06 bits per heavy atom. The number of thiazole rings is 1. The van der Waals surface area contributed by atoms with E-state index in [1.54, 1.807) is 11.3 Å². The second-order valence-corrected chi connectivity index (χ2v) is 5.34. The molecule has 0 bridgehead atoms. The third-order valence-electron chi connectivity index (χ3n) is 3.05. The molecule has 1 amide bonds. The van der Waals surface area contributed by atoms with E-state index in [9.17, 15) is 4.79 Å². The summed E-state index contributed by atoms with van der Waals surface area (Å²) < 4.78 is 0. The molecule has 4 nitrogen and oxygen atoms in total. The van der Waals surface area contributed by atoms with Crippen LogP contribution in [0, 0.1) is 0 Å². The van der Waals surface area contributed by atoms with Crippen LogP contribution in [0.5, 0.6) is 0 Å². The molecule has 0 aromatic carbocycles. The minimum absolute atomic E-state index is 0. The first kappa shape index (κ1) is 15.4. The second-order valence-electron chi connectivity index (χ2n) is 4.40. The highest BCUT2D eigenvalue weighted by Crippen LogP contribution is 2.17. The number of rotatable bonds is 4. The summed E-state index contributed by atoms with van der Waals surface area (Å²) >= 11 is 1.66. The van der Waals surface area contributed by atoms with Gasteiger partial charge in [0.25, 0.3) is 0 Å². The summed E-state index contributed by atoms with van der Waals surface area (Å²) in [5.41, 5.74) is 0.971. The van der Waals surface area contributed by atoms with Crippen molar-refractivity contribution in [3.63, 3.8) is 0 Å². The smallest absolute Gasteiger partial charge is 0.237 e. The molecule has 1 aliphatic heterocycles. The van der Waals surface area contributed by atoms with Gasteiger partial charge in [-0.3, -0.25) is 4.79 Å². The zero-order chi connectivity index (χ0) is 12.3. The van der Waals surface area contributed by atoms with Crippen LogP contribution in [-0.2, 0) is 11.2 Å². The lowest BCUT2D eigenvalue weighted by atomic mass is 10.2. The van der Waals surface area contributed by atoms with Crippen LogP contribution in [0.2, 0.25) is 0 Å². The molecule has 1 aliphatic rings. The van der Waals surface area contributed by atoms with Gasteiger partial charge in [0.05, 0.1) is 22.8 Å². The Morgan fingerprint density at radius 2 is 2.50 bits per heavy atom. The van der Waals surface area contributed by atoms with Gasteiger partial charge in [0.1, 0.15) is 0 Å². The number of carbonyl (C=O) groups is 1. The first-order chi connectivity index (χ1) is 8.20. The van der Waals surface area contributed by atoms with Gasteiger partial charge < -0.3 is 10.6 Å². The Labute approximate surface area is 118 Å². The Balaban J connectivity index is 0.00000162. The number of hydrogen-bond acceptors (Lipinski definition) is 4. The summed E-state index contributed by atoms with van der Waals surface area (Å²) in [5.74, 6) is 0.0982. The molecule has 2 atom stereocenters. The Bertz CT molecular complexity index is 390. The fourth-order valence-electron chi connectivity index (χ4n) is 1.98. The van der Waals surface area contributed by atoms with E-state index in [1.807, 2.05) is 12.3 Å². The van der Waals surface area contributed by atoms with Crippen molar-refractivity contribution in [3.8, 4) is 0 Å². The van der Waals surface area contributed by atoms with E-state index < -0.39 is 0 Å². The minimum atomic E-state index is -0.0123. The number of aryl methyl sites for hydroxylation is 1. The van der Waals surface area contributed by atoms with E-state index in [2.05, 4.69) is 22.5 Å². The summed E-state index contributed by atoms with van der Waals surface area (Å²) in [4.78, 5) is 16.4. The highest BCUT2D eigenvalue weighted by Gasteiger charge is 2.23. The number of aromatic nitrogens is 1. The van der Waals surface area contributed by atoms with Crippen LogP contribution >= 0.6 is 23.7 Å². The van der Waals surface area contributed by atoms with Crippen LogP contribution in [0.15, 0.2) is 5.38 Å². The summed E-state index contributed by atoms with van der Waals surface area (Å²) in [6.45, 7) is 5.03. The maximum Gasteiger partial charge on any atom is 0.237 e. The van der Waals surface area contributed by atoms with Gasteiger partial charge in [-0.2, -0.15) is 0 Å². The lowest BCUT2D eigenvalue weighted by Crippen LogP contribution is -2.41. The van der Waals surface area contributed by atoms with Crippen molar-refractivity contribution < 1.29 is 4.79 Å². The van der Waals surface area contributed by atoms with Crippen molar-refractivity contribution in [2.75, 3.05) is 6.54 Å². The fourth-order valence-corrected chi connectivity index (χ4v) is 2.82. The van der Waals surface area contributed by atoms with Gasteiger partial charge in [0, 0.05) is 5.38 Å². The molecule has 2 heterocycles. The standard InChI is InChI=1S/C12H19N3OS.ClH/c1-3-11-15-10(7-17-11)8(2)14-12(16)9-5-4-6-13-9;/h7-9,13H,3-6H2,1-2H3,(H,14,16);1H. The summed E-state index contributed by atoms with van der Waals surface area (Å²) in [6, 6.07) is -0.0109. The highest BCUT2D eigenvalue weighted by atomic mass is 35.5. The SMILES string of the molecule is CCc1nc(C(C)NC(=O)C2CCCN2)cs1.Cl. The van der Waals surface area contributed by atoms with Gasteiger partial charge in [-0.05, 0) is 32.7 Å². The molecular weight excluding hydrogens is 270 g/mol. The summed E-state index contributed by atoms with van der Waals surface area (Å²) in [6.07, 6.45) is 2.98. The largest absolute Gasteiger partial charge is 0.347 e. The van der Waals surface area contributed by atoms with E-state index in [0.29, 0.717) is 0 Å². The van der Waals surface area contributed by atoms with Crippen molar-refractivity contribution in [2.24, 2.45) is 0 Å². The average molecular weight is 290 g/mol. The van der Waals surface area contributed by atoms with Crippen LogP contribution in [-0.4, -0.2) is 23.5 Å². The minimum Gasteiger partial charge on any atom is -0.347 e. The van der Waals surface area contributed by atoms with E-state index in [1.165, 1.54) is 0 Å². The molecule has 6 heteroatoms. The maximum absolute atomic E-state index is 11.9. The normalized spacial score (nSPS) is 20.2. The molecule has 0 spiro atoms. The first-order valence-electron chi connectivity index (χ1n) is 6.18. The predicted octanol–water partition coefficient (Wildman–Crippen LogP) is 2.06. The number of nitrogens with one attached hydrogen (secondary N) is 2.